The first-order valence-corrected chi connectivity index (χ1v) is 8.48. The molecule has 7 nitrogen and oxygen atoms in total. The van der Waals surface area contributed by atoms with Crippen LogP contribution in [0.15, 0.2) is 42.7 Å². The Bertz CT molecular complexity index is 801. The van der Waals surface area contributed by atoms with Crippen molar-refractivity contribution in [3.63, 3.8) is 0 Å². The highest BCUT2D eigenvalue weighted by molar-refractivity contribution is 6.05. The van der Waals surface area contributed by atoms with Crippen molar-refractivity contribution < 1.29 is 14.3 Å². The minimum Gasteiger partial charge on any atom is -0.495 e. The van der Waals surface area contributed by atoms with Crippen molar-refractivity contribution in [3.05, 3.63) is 48.3 Å². The summed E-state index contributed by atoms with van der Waals surface area (Å²) in [5, 5.41) is 2.85. The van der Waals surface area contributed by atoms with E-state index < -0.39 is 0 Å². The van der Waals surface area contributed by atoms with Crippen LogP contribution in [-0.2, 0) is 4.79 Å². The molecule has 0 atom stereocenters. The van der Waals surface area contributed by atoms with Crippen LogP contribution in [0.1, 0.15) is 17.3 Å². The Balaban J connectivity index is 1.71. The Hall–Kier alpha value is -3.09. The van der Waals surface area contributed by atoms with Gasteiger partial charge in [-0.2, -0.15) is 0 Å². The van der Waals surface area contributed by atoms with E-state index in [4.69, 9.17) is 4.74 Å². The summed E-state index contributed by atoms with van der Waals surface area (Å²) in [6, 6.07) is 9.08. The molecule has 0 spiro atoms. The fraction of sp³-hybridized carbons (Fsp3) is 0.316. The maximum atomic E-state index is 12.6. The lowest BCUT2D eigenvalue weighted by Crippen LogP contribution is -2.48. The van der Waals surface area contributed by atoms with E-state index in [1.807, 2.05) is 23.1 Å². The predicted molar refractivity (Wildman–Crippen MR) is 99.7 cm³/mol. The number of pyridine rings is 1. The standard InChI is InChI=1S/C19H22N4O3/c1-14(24)22-7-9-23(10-8-22)16-11-15(12-20-13-16)19(25)21-17-5-3-4-6-18(17)26-2/h3-6,11-13H,7-10H2,1-2H3,(H,21,25). The number of rotatable bonds is 4. The van der Waals surface area contributed by atoms with E-state index in [2.05, 4.69) is 15.2 Å². The largest absolute Gasteiger partial charge is 0.495 e. The summed E-state index contributed by atoms with van der Waals surface area (Å²) in [6.45, 7) is 4.37. The second-order valence-corrected chi connectivity index (χ2v) is 6.08. The lowest BCUT2D eigenvalue weighted by atomic mass is 10.2. The first kappa shape index (κ1) is 17.7. The molecule has 26 heavy (non-hydrogen) atoms. The Morgan fingerprint density at radius 1 is 1.12 bits per heavy atom. The number of nitrogens with zero attached hydrogens (tertiary/aromatic N) is 3. The van der Waals surface area contributed by atoms with Crippen molar-refractivity contribution in [2.24, 2.45) is 0 Å². The molecule has 7 heteroatoms. The summed E-state index contributed by atoms with van der Waals surface area (Å²) in [5.74, 6) is 0.448. The van der Waals surface area contributed by atoms with E-state index in [-0.39, 0.29) is 11.8 Å². The fourth-order valence-electron chi connectivity index (χ4n) is 2.95. The molecular formula is C19H22N4O3. The first-order valence-electron chi connectivity index (χ1n) is 8.48. The number of hydrogen-bond donors (Lipinski definition) is 1. The van der Waals surface area contributed by atoms with Gasteiger partial charge in [-0.25, -0.2) is 0 Å². The summed E-state index contributed by atoms with van der Waals surface area (Å²) in [5.41, 5.74) is 1.96. The third kappa shape index (κ3) is 3.93. The van der Waals surface area contributed by atoms with Crippen LogP contribution >= 0.6 is 0 Å². The van der Waals surface area contributed by atoms with Crippen LogP contribution in [0.5, 0.6) is 5.75 Å². The smallest absolute Gasteiger partial charge is 0.257 e. The SMILES string of the molecule is COc1ccccc1NC(=O)c1cncc(N2CCN(C(C)=O)CC2)c1. The molecule has 0 unspecified atom stereocenters. The van der Waals surface area contributed by atoms with Gasteiger partial charge in [-0.05, 0) is 18.2 Å². The number of carbonyl (C=O) groups excluding carboxylic acids is 2. The minimum absolute atomic E-state index is 0.0905. The number of benzene rings is 1. The van der Waals surface area contributed by atoms with Gasteiger partial charge in [-0.15, -0.1) is 0 Å². The normalized spacial score (nSPS) is 14.1. The Morgan fingerprint density at radius 3 is 2.54 bits per heavy atom. The number of nitrogens with one attached hydrogen (secondary N) is 1. The van der Waals surface area contributed by atoms with Gasteiger partial charge in [0.05, 0.1) is 30.2 Å². The third-order valence-electron chi connectivity index (χ3n) is 4.43. The molecule has 0 bridgehead atoms. The van der Waals surface area contributed by atoms with Crippen molar-refractivity contribution in [2.75, 3.05) is 43.5 Å². The van der Waals surface area contributed by atoms with Gasteiger partial charge in [0.1, 0.15) is 5.75 Å². The lowest BCUT2D eigenvalue weighted by Gasteiger charge is -2.35. The summed E-state index contributed by atoms with van der Waals surface area (Å²) < 4.78 is 5.26. The molecule has 1 fully saturated rings. The van der Waals surface area contributed by atoms with Crippen molar-refractivity contribution in [1.29, 1.82) is 0 Å². The summed E-state index contributed by atoms with van der Waals surface area (Å²) >= 11 is 0. The second kappa shape index (κ2) is 7.86. The van der Waals surface area contributed by atoms with Gasteiger partial charge < -0.3 is 19.9 Å². The zero-order chi connectivity index (χ0) is 18.5. The molecule has 1 aromatic heterocycles. The van der Waals surface area contributed by atoms with Crippen molar-refractivity contribution in [1.82, 2.24) is 9.88 Å². The summed E-state index contributed by atoms with van der Waals surface area (Å²) in [7, 11) is 1.56. The second-order valence-electron chi connectivity index (χ2n) is 6.08. The quantitative estimate of drug-likeness (QED) is 0.909. The molecule has 0 saturated carbocycles. The third-order valence-corrected chi connectivity index (χ3v) is 4.43. The van der Waals surface area contributed by atoms with Crippen LogP contribution in [0.3, 0.4) is 0 Å². The van der Waals surface area contributed by atoms with Crippen LogP contribution in [0.2, 0.25) is 0 Å². The maximum Gasteiger partial charge on any atom is 0.257 e. The number of amides is 2. The van der Waals surface area contributed by atoms with E-state index in [1.165, 1.54) is 0 Å². The van der Waals surface area contributed by atoms with E-state index in [9.17, 15) is 9.59 Å². The van der Waals surface area contributed by atoms with Gasteiger partial charge in [-0.1, -0.05) is 12.1 Å². The van der Waals surface area contributed by atoms with Crippen LogP contribution in [0.4, 0.5) is 11.4 Å². The summed E-state index contributed by atoms with van der Waals surface area (Å²) in [6.07, 6.45) is 3.28. The lowest BCUT2D eigenvalue weighted by molar-refractivity contribution is -0.129. The number of hydrogen-bond acceptors (Lipinski definition) is 5. The van der Waals surface area contributed by atoms with Crippen LogP contribution < -0.4 is 15.0 Å². The van der Waals surface area contributed by atoms with E-state index in [0.29, 0.717) is 30.1 Å². The number of para-hydroxylation sites is 2. The molecule has 0 radical (unpaired) electrons. The average molecular weight is 354 g/mol. The number of carbonyl (C=O) groups is 2. The van der Waals surface area contributed by atoms with Crippen LogP contribution in [0.25, 0.3) is 0 Å². The summed E-state index contributed by atoms with van der Waals surface area (Å²) in [4.78, 5) is 32.2. The van der Waals surface area contributed by atoms with Gasteiger partial charge in [0.25, 0.3) is 5.91 Å². The topological polar surface area (TPSA) is 74.8 Å². The van der Waals surface area contributed by atoms with E-state index in [1.54, 1.807) is 38.6 Å². The minimum atomic E-state index is -0.244. The first-order chi connectivity index (χ1) is 12.6. The zero-order valence-corrected chi connectivity index (χ0v) is 14.9. The Labute approximate surface area is 152 Å². The molecule has 1 aliphatic heterocycles. The molecule has 2 aromatic rings. The highest BCUT2D eigenvalue weighted by Gasteiger charge is 2.20. The molecule has 1 N–H and O–H groups in total. The molecule has 3 rings (SSSR count). The van der Waals surface area contributed by atoms with Gasteiger partial charge in [0, 0.05) is 39.3 Å². The number of piperazine rings is 1. The molecular weight excluding hydrogens is 332 g/mol. The molecule has 1 saturated heterocycles. The van der Waals surface area contributed by atoms with Gasteiger partial charge in [0.2, 0.25) is 5.91 Å². The van der Waals surface area contributed by atoms with Gasteiger partial charge >= 0.3 is 0 Å². The molecule has 2 heterocycles. The predicted octanol–water partition coefficient (Wildman–Crippen LogP) is 2.01. The molecule has 1 aliphatic rings. The molecule has 1 aromatic carbocycles. The Morgan fingerprint density at radius 2 is 1.85 bits per heavy atom. The number of anilines is 2. The fourth-order valence-corrected chi connectivity index (χ4v) is 2.95. The van der Waals surface area contributed by atoms with Gasteiger partial charge in [-0.3, -0.25) is 14.6 Å². The number of ether oxygens (including phenoxy) is 1. The van der Waals surface area contributed by atoms with Crippen molar-refractivity contribution >= 4 is 23.2 Å². The molecule has 0 aliphatic carbocycles. The number of aromatic nitrogens is 1. The van der Waals surface area contributed by atoms with E-state index >= 15 is 0 Å². The van der Waals surface area contributed by atoms with Crippen molar-refractivity contribution in [2.45, 2.75) is 6.92 Å². The average Bonchev–Trinajstić information content (AvgIpc) is 2.68. The Kier molecular flexibility index (Phi) is 5.36. The zero-order valence-electron chi connectivity index (χ0n) is 14.9. The molecule has 2 amide bonds. The monoisotopic (exact) mass is 354 g/mol. The maximum absolute atomic E-state index is 12.6. The van der Waals surface area contributed by atoms with Crippen molar-refractivity contribution in [3.8, 4) is 5.75 Å². The number of methoxy groups -OCH3 is 1. The highest BCUT2D eigenvalue weighted by Crippen LogP contribution is 2.24. The van der Waals surface area contributed by atoms with Gasteiger partial charge in [0.15, 0.2) is 0 Å². The molecule has 136 valence electrons. The highest BCUT2D eigenvalue weighted by atomic mass is 16.5. The van der Waals surface area contributed by atoms with Crippen LogP contribution in [-0.4, -0.2) is 55.0 Å². The van der Waals surface area contributed by atoms with Crippen LogP contribution in [0, 0.1) is 0 Å². The van der Waals surface area contributed by atoms with E-state index in [0.717, 1.165) is 18.8 Å².